The molecule has 0 atom stereocenters. The third-order valence-electron chi connectivity index (χ3n) is 0.992. The van der Waals surface area contributed by atoms with Gasteiger partial charge in [0.1, 0.15) is 0 Å². The summed E-state index contributed by atoms with van der Waals surface area (Å²) in [4.78, 5) is 18.1. The monoisotopic (exact) mass is 184 g/mol. The SMILES string of the molecule is NC(=O)CSc1ncc(N)cn1. The van der Waals surface area contributed by atoms with Crippen LogP contribution in [0.2, 0.25) is 0 Å². The molecule has 5 nitrogen and oxygen atoms in total. The van der Waals surface area contributed by atoms with Crippen molar-refractivity contribution in [3.8, 4) is 0 Å². The van der Waals surface area contributed by atoms with E-state index in [4.69, 9.17) is 11.5 Å². The van der Waals surface area contributed by atoms with E-state index in [0.717, 1.165) is 0 Å². The Hall–Kier alpha value is -1.30. The van der Waals surface area contributed by atoms with Crippen molar-refractivity contribution in [3.05, 3.63) is 12.4 Å². The van der Waals surface area contributed by atoms with E-state index in [-0.39, 0.29) is 11.7 Å². The molecule has 0 aliphatic heterocycles. The second-order valence-electron chi connectivity index (χ2n) is 2.05. The van der Waals surface area contributed by atoms with Crippen LogP contribution in [0, 0.1) is 0 Å². The van der Waals surface area contributed by atoms with Crippen LogP contribution in [0.3, 0.4) is 0 Å². The first-order valence-corrected chi connectivity index (χ1v) is 4.15. The fourth-order valence-corrected chi connectivity index (χ4v) is 1.06. The van der Waals surface area contributed by atoms with Crippen LogP contribution in [0.1, 0.15) is 0 Å². The Morgan fingerprint density at radius 1 is 1.50 bits per heavy atom. The van der Waals surface area contributed by atoms with Crippen LogP contribution in [-0.2, 0) is 4.79 Å². The topological polar surface area (TPSA) is 94.9 Å². The fourth-order valence-electron chi connectivity index (χ4n) is 0.536. The maximum absolute atomic E-state index is 10.4. The number of aromatic nitrogens is 2. The minimum Gasteiger partial charge on any atom is -0.396 e. The molecule has 1 rings (SSSR count). The zero-order valence-corrected chi connectivity index (χ0v) is 7.04. The van der Waals surface area contributed by atoms with Gasteiger partial charge in [-0.25, -0.2) is 9.97 Å². The fraction of sp³-hybridized carbons (Fsp3) is 0.167. The van der Waals surface area contributed by atoms with Crippen molar-refractivity contribution in [1.29, 1.82) is 0 Å². The van der Waals surface area contributed by atoms with Gasteiger partial charge in [-0.1, -0.05) is 11.8 Å². The molecule has 6 heteroatoms. The maximum Gasteiger partial charge on any atom is 0.227 e. The molecular formula is C6H8N4OS. The number of nitrogen functional groups attached to an aromatic ring is 1. The highest BCUT2D eigenvalue weighted by molar-refractivity contribution is 7.99. The van der Waals surface area contributed by atoms with Crippen molar-refractivity contribution < 1.29 is 4.79 Å². The Bertz CT molecular complexity index is 273. The molecule has 64 valence electrons. The Morgan fingerprint density at radius 3 is 2.58 bits per heavy atom. The van der Waals surface area contributed by atoms with E-state index >= 15 is 0 Å². The van der Waals surface area contributed by atoms with Crippen molar-refractivity contribution in [2.24, 2.45) is 5.73 Å². The largest absolute Gasteiger partial charge is 0.396 e. The van der Waals surface area contributed by atoms with Crippen LogP contribution in [0.5, 0.6) is 0 Å². The van der Waals surface area contributed by atoms with Crippen LogP contribution in [0.25, 0.3) is 0 Å². The number of anilines is 1. The van der Waals surface area contributed by atoms with E-state index in [1.807, 2.05) is 0 Å². The van der Waals surface area contributed by atoms with Crippen LogP contribution < -0.4 is 11.5 Å². The number of amides is 1. The molecule has 4 N–H and O–H groups in total. The molecular weight excluding hydrogens is 176 g/mol. The molecule has 0 radical (unpaired) electrons. The molecule has 12 heavy (non-hydrogen) atoms. The number of hydrogen-bond donors (Lipinski definition) is 2. The third kappa shape index (κ3) is 2.75. The first-order chi connectivity index (χ1) is 5.68. The average molecular weight is 184 g/mol. The summed E-state index contributed by atoms with van der Waals surface area (Å²) in [5.74, 6) is -0.204. The van der Waals surface area contributed by atoms with Gasteiger partial charge in [-0.15, -0.1) is 0 Å². The molecule has 1 heterocycles. The van der Waals surface area contributed by atoms with Gasteiger partial charge in [-0.2, -0.15) is 0 Å². The zero-order chi connectivity index (χ0) is 8.97. The molecule has 0 spiro atoms. The lowest BCUT2D eigenvalue weighted by Gasteiger charge is -1.96. The van der Waals surface area contributed by atoms with Gasteiger partial charge < -0.3 is 11.5 Å². The van der Waals surface area contributed by atoms with Crippen LogP contribution in [0.15, 0.2) is 17.6 Å². The van der Waals surface area contributed by atoms with Gasteiger partial charge >= 0.3 is 0 Å². The molecule has 0 saturated heterocycles. The molecule has 0 saturated carbocycles. The predicted molar refractivity (Wildman–Crippen MR) is 46.4 cm³/mol. The second-order valence-corrected chi connectivity index (χ2v) is 3.00. The maximum atomic E-state index is 10.4. The summed E-state index contributed by atoms with van der Waals surface area (Å²) >= 11 is 1.18. The van der Waals surface area contributed by atoms with Gasteiger partial charge in [0.2, 0.25) is 5.91 Å². The smallest absolute Gasteiger partial charge is 0.227 e. The van der Waals surface area contributed by atoms with Gasteiger partial charge in [0.15, 0.2) is 5.16 Å². The average Bonchev–Trinajstić information content (AvgIpc) is 2.03. The summed E-state index contributed by atoms with van der Waals surface area (Å²) in [5.41, 5.74) is 10.8. The van der Waals surface area contributed by atoms with Crippen LogP contribution in [0.4, 0.5) is 5.69 Å². The first-order valence-electron chi connectivity index (χ1n) is 3.17. The number of carbonyl (C=O) groups excluding carboxylic acids is 1. The minimum atomic E-state index is -0.388. The van der Waals surface area contributed by atoms with Crippen LogP contribution >= 0.6 is 11.8 Å². The molecule has 0 unspecified atom stereocenters. The van der Waals surface area contributed by atoms with Gasteiger partial charge in [0.25, 0.3) is 0 Å². The minimum absolute atomic E-state index is 0.184. The molecule has 0 aliphatic rings. The summed E-state index contributed by atoms with van der Waals surface area (Å²) < 4.78 is 0. The lowest BCUT2D eigenvalue weighted by molar-refractivity contribution is -0.115. The number of nitrogens with zero attached hydrogens (tertiary/aromatic N) is 2. The molecule has 0 aromatic carbocycles. The number of rotatable bonds is 3. The third-order valence-corrected chi connectivity index (χ3v) is 1.89. The van der Waals surface area contributed by atoms with E-state index in [2.05, 4.69) is 9.97 Å². The molecule has 0 aliphatic carbocycles. The predicted octanol–water partition coefficient (Wildman–Crippen LogP) is -0.364. The number of carbonyl (C=O) groups is 1. The summed E-state index contributed by atoms with van der Waals surface area (Å²) in [6.07, 6.45) is 2.96. The van der Waals surface area contributed by atoms with Gasteiger partial charge in [-0.3, -0.25) is 4.79 Å². The molecule has 1 amide bonds. The highest BCUT2D eigenvalue weighted by atomic mass is 32.2. The van der Waals surface area contributed by atoms with Gasteiger partial charge in [-0.05, 0) is 0 Å². The van der Waals surface area contributed by atoms with E-state index < -0.39 is 0 Å². The lowest BCUT2D eigenvalue weighted by Crippen LogP contribution is -2.13. The summed E-state index contributed by atoms with van der Waals surface area (Å²) in [6.45, 7) is 0. The summed E-state index contributed by atoms with van der Waals surface area (Å²) in [5, 5.41) is 0.503. The normalized spacial score (nSPS) is 9.67. The molecule has 1 aromatic rings. The Balaban J connectivity index is 2.53. The van der Waals surface area contributed by atoms with E-state index in [0.29, 0.717) is 10.8 Å². The van der Waals surface area contributed by atoms with Crippen molar-refractivity contribution in [2.45, 2.75) is 5.16 Å². The summed E-state index contributed by atoms with van der Waals surface area (Å²) in [6, 6.07) is 0. The standard InChI is InChI=1S/C6H8N4OS/c7-4-1-9-6(10-2-4)12-3-5(8)11/h1-2H,3,7H2,(H2,8,11). The first kappa shape index (κ1) is 8.79. The van der Waals surface area contributed by atoms with Gasteiger partial charge in [0.05, 0.1) is 23.8 Å². The number of primary amides is 1. The van der Waals surface area contributed by atoms with E-state index in [1.54, 1.807) is 0 Å². The number of hydrogen-bond acceptors (Lipinski definition) is 5. The molecule has 0 fully saturated rings. The van der Waals surface area contributed by atoms with E-state index in [9.17, 15) is 4.79 Å². The van der Waals surface area contributed by atoms with Crippen molar-refractivity contribution >= 4 is 23.4 Å². The van der Waals surface area contributed by atoms with E-state index in [1.165, 1.54) is 24.2 Å². The Labute approximate surface area is 73.6 Å². The highest BCUT2D eigenvalue weighted by Crippen LogP contribution is 2.11. The van der Waals surface area contributed by atoms with Crippen molar-refractivity contribution in [1.82, 2.24) is 9.97 Å². The highest BCUT2D eigenvalue weighted by Gasteiger charge is 1.99. The van der Waals surface area contributed by atoms with Crippen molar-refractivity contribution in [2.75, 3.05) is 11.5 Å². The molecule has 0 bridgehead atoms. The summed E-state index contributed by atoms with van der Waals surface area (Å²) in [7, 11) is 0. The Morgan fingerprint density at radius 2 is 2.08 bits per heavy atom. The number of nitrogens with two attached hydrogens (primary N) is 2. The second kappa shape index (κ2) is 3.91. The van der Waals surface area contributed by atoms with Crippen LogP contribution in [-0.4, -0.2) is 21.6 Å². The Kier molecular flexibility index (Phi) is 2.87. The quantitative estimate of drug-likeness (QED) is 0.494. The molecule has 1 aromatic heterocycles. The lowest BCUT2D eigenvalue weighted by atomic mass is 10.6. The van der Waals surface area contributed by atoms with Crippen molar-refractivity contribution in [3.63, 3.8) is 0 Å². The van der Waals surface area contributed by atoms with Gasteiger partial charge in [0, 0.05) is 0 Å². The number of thioether (sulfide) groups is 1. The zero-order valence-electron chi connectivity index (χ0n) is 6.23.